The van der Waals surface area contributed by atoms with E-state index in [9.17, 15) is 0 Å². The summed E-state index contributed by atoms with van der Waals surface area (Å²) in [5.41, 5.74) is 13.8. The predicted octanol–water partition coefficient (Wildman–Crippen LogP) is 13.3. The summed E-state index contributed by atoms with van der Waals surface area (Å²) in [6, 6.07) is 40.6. The number of hydrogen-bond donors (Lipinski definition) is 2. The summed E-state index contributed by atoms with van der Waals surface area (Å²) in [6.45, 7) is 4.27. The minimum atomic E-state index is 0.670. The number of hydrogen-bond acceptors (Lipinski definition) is 3. The lowest BCUT2D eigenvalue weighted by Crippen LogP contribution is -2.02. The summed E-state index contributed by atoms with van der Waals surface area (Å²) in [6.07, 6.45) is 1.75. The van der Waals surface area contributed by atoms with Crippen molar-refractivity contribution >= 4 is 68.3 Å². The van der Waals surface area contributed by atoms with Crippen LogP contribution in [-0.4, -0.2) is 25.6 Å². The molecule has 5 nitrogen and oxygen atoms in total. The van der Waals surface area contributed by atoms with Gasteiger partial charge in [-0.05, 0) is 102 Å². The molecular formula is C43H32Cl3N5. The Morgan fingerprint density at radius 2 is 1.25 bits per heavy atom. The highest BCUT2D eigenvalue weighted by atomic mass is 35.5. The van der Waals surface area contributed by atoms with E-state index in [2.05, 4.69) is 96.6 Å². The van der Waals surface area contributed by atoms with E-state index in [0.29, 0.717) is 15.1 Å². The Morgan fingerprint density at radius 3 is 2.04 bits per heavy atom. The summed E-state index contributed by atoms with van der Waals surface area (Å²) >= 11 is 19.4. The fourth-order valence-electron chi connectivity index (χ4n) is 6.42. The Bertz CT molecular complexity index is 2600. The van der Waals surface area contributed by atoms with E-state index in [1.807, 2.05) is 48.5 Å². The summed E-state index contributed by atoms with van der Waals surface area (Å²) in [4.78, 5) is 21.5. The van der Waals surface area contributed by atoms with E-state index in [1.54, 1.807) is 0 Å². The van der Waals surface area contributed by atoms with Crippen LogP contribution >= 0.6 is 34.8 Å². The molecule has 0 amide bonds. The molecule has 0 aliphatic carbocycles. The topological polar surface area (TPSA) is 69.7 Å². The molecule has 0 fully saturated rings. The average Bonchev–Trinajstić information content (AvgIpc) is 3.76. The molecule has 0 bridgehead atoms. The van der Waals surface area contributed by atoms with Gasteiger partial charge in [-0.3, -0.25) is 4.99 Å². The van der Waals surface area contributed by atoms with Gasteiger partial charge < -0.3 is 9.97 Å². The number of benzene rings is 6. The largest absolute Gasteiger partial charge is 0.338 e. The summed E-state index contributed by atoms with van der Waals surface area (Å²) < 4.78 is 0. The van der Waals surface area contributed by atoms with Gasteiger partial charge in [-0.1, -0.05) is 109 Å². The van der Waals surface area contributed by atoms with Crippen LogP contribution in [0.5, 0.6) is 0 Å². The van der Waals surface area contributed by atoms with Crippen LogP contribution in [0.4, 0.5) is 5.69 Å². The molecule has 6 aromatic carbocycles. The van der Waals surface area contributed by atoms with Gasteiger partial charge in [0.1, 0.15) is 11.6 Å². The number of nitrogens with one attached hydrogen (secondary N) is 2. The van der Waals surface area contributed by atoms with Crippen molar-refractivity contribution in [3.05, 3.63) is 148 Å². The molecule has 0 aliphatic heterocycles. The third kappa shape index (κ3) is 6.81. The second kappa shape index (κ2) is 13.8. The second-order valence-corrected chi connectivity index (χ2v) is 13.9. The average molecular weight is 725 g/mol. The number of imidazole rings is 2. The molecule has 8 rings (SSSR count). The lowest BCUT2D eigenvalue weighted by Gasteiger charge is -2.12. The van der Waals surface area contributed by atoms with Crippen LogP contribution in [0.3, 0.4) is 0 Å². The van der Waals surface area contributed by atoms with Gasteiger partial charge in [0.15, 0.2) is 0 Å². The number of nitrogens with zero attached hydrogens (tertiary/aromatic N) is 3. The molecule has 2 heterocycles. The van der Waals surface area contributed by atoms with Gasteiger partial charge in [0.25, 0.3) is 0 Å². The van der Waals surface area contributed by atoms with E-state index in [4.69, 9.17) is 49.8 Å². The highest BCUT2D eigenvalue weighted by Crippen LogP contribution is 2.33. The molecule has 0 aliphatic rings. The SMILES string of the molecule is CCC/C(=N\c1ccc(-c2ccc(-c3nc4ccc(Cl)cc4[nH]3)cc2)cc1C)c1ccc(-c2ccc3[nH]c(-c4cccc(Cl)c4)nc3c2)cc1Cl. The number of fused-ring (bicyclic) bond motifs is 2. The normalized spacial score (nSPS) is 11.9. The van der Waals surface area contributed by atoms with Gasteiger partial charge in [-0.2, -0.15) is 0 Å². The van der Waals surface area contributed by atoms with Crippen LogP contribution in [0.2, 0.25) is 15.1 Å². The predicted molar refractivity (Wildman–Crippen MR) is 215 cm³/mol. The second-order valence-electron chi connectivity index (χ2n) is 12.7. The monoisotopic (exact) mass is 723 g/mol. The standard InChI is InChI=1S/C43H32Cl3N5/c1-3-5-37(34-16-12-29(22-35(34)46)30-14-18-38-40(23-30)50-43(49-38)31-6-4-7-32(44)21-31)47-36-17-13-28(20-25(36)2)26-8-10-27(11-9-26)42-48-39-19-15-33(45)24-41(39)51-42/h4,6-24H,3,5H2,1-2H3,(H,48,51)(H,49,50)/b47-37+. The van der Waals surface area contributed by atoms with Crippen LogP contribution in [0.25, 0.3) is 67.1 Å². The molecular weight excluding hydrogens is 693 g/mol. The van der Waals surface area contributed by atoms with Gasteiger partial charge in [0.2, 0.25) is 0 Å². The van der Waals surface area contributed by atoms with Crippen molar-refractivity contribution in [3.63, 3.8) is 0 Å². The summed E-state index contributed by atoms with van der Waals surface area (Å²) in [5.74, 6) is 1.60. The Balaban J connectivity index is 1.04. The van der Waals surface area contributed by atoms with Crippen molar-refractivity contribution in [2.45, 2.75) is 26.7 Å². The Labute approximate surface area is 311 Å². The van der Waals surface area contributed by atoms with Gasteiger partial charge in [0, 0.05) is 32.4 Å². The van der Waals surface area contributed by atoms with Crippen molar-refractivity contribution in [2.75, 3.05) is 0 Å². The maximum Gasteiger partial charge on any atom is 0.138 e. The molecule has 0 atom stereocenters. The quantitative estimate of drug-likeness (QED) is 0.153. The first kappa shape index (κ1) is 33.0. The molecule has 250 valence electrons. The first-order chi connectivity index (χ1) is 24.8. The smallest absolute Gasteiger partial charge is 0.138 e. The van der Waals surface area contributed by atoms with Crippen LogP contribution in [0.15, 0.2) is 126 Å². The molecule has 0 unspecified atom stereocenters. The fourth-order valence-corrected chi connectivity index (χ4v) is 7.07. The number of aliphatic imine (C=N–C) groups is 1. The van der Waals surface area contributed by atoms with Gasteiger partial charge in [-0.25, -0.2) is 9.97 Å². The van der Waals surface area contributed by atoms with Gasteiger partial charge in [0.05, 0.1) is 32.8 Å². The Hall–Kier alpha value is -5.20. The molecule has 0 spiro atoms. The molecule has 2 N–H and O–H groups in total. The summed E-state index contributed by atoms with van der Waals surface area (Å²) in [5, 5.41) is 2.03. The molecule has 2 aromatic heterocycles. The van der Waals surface area contributed by atoms with E-state index < -0.39 is 0 Å². The van der Waals surface area contributed by atoms with Crippen molar-refractivity contribution in [2.24, 2.45) is 4.99 Å². The van der Waals surface area contributed by atoms with Crippen molar-refractivity contribution in [1.82, 2.24) is 19.9 Å². The first-order valence-corrected chi connectivity index (χ1v) is 17.9. The maximum absolute atomic E-state index is 7.00. The van der Waals surface area contributed by atoms with Crippen LogP contribution in [-0.2, 0) is 0 Å². The van der Waals surface area contributed by atoms with E-state index in [0.717, 1.165) is 102 Å². The third-order valence-corrected chi connectivity index (χ3v) is 9.85. The third-order valence-electron chi connectivity index (χ3n) is 9.07. The van der Waals surface area contributed by atoms with Crippen molar-refractivity contribution < 1.29 is 0 Å². The van der Waals surface area contributed by atoms with E-state index in [1.165, 1.54) is 0 Å². The molecule has 51 heavy (non-hydrogen) atoms. The minimum absolute atomic E-state index is 0.670. The van der Waals surface area contributed by atoms with Gasteiger partial charge in [-0.15, -0.1) is 0 Å². The minimum Gasteiger partial charge on any atom is -0.338 e. The fraction of sp³-hybridized carbons (Fsp3) is 0.0930. The van der Waals surface area contributed by atoms with E-state index in [-0.39, 0.29) is 0 Å². The number of aromatic nitrogens is 4. The molecule has 8 aromatic rings. The highest BCUT2D eigenvalue weighted by molar-refractivity contribution is 6.34. The number of halogens is 3. The zero-order valence-electron chi connectivity index (χ0n) is 27.9. The number of aromatic amines is 2. The molecule has 0 saturated heterocycles. The molecule has 8 heteroatoms. The highest BCUT2D eigenvalue weighted by Gasteiger charge is 2.14. The van der Waals surface area contributed by atoms with Crippen molar-refractivity contribution in [1.29, 1.82) is 0 Å². The Kier molecular flexibility index (Phi) is 8.95. The maximum atomic E-state index is 7.00. The van der Waals surface area contributed by atoms with Crippen LogP contribution < -0.4 is 0 Å². The Morgan fingerprint density at radius 1 is 0.588 bits per heavy atom. The number of H-pyrrole nitrogens is 2. The lowest BCUT2D eigenvalue weighted by atomic mass is 9.99. The van der Waals surface area contributed by atoms with Gasteiger partial charge >= 0.3 is 0 Å². The summed E-state index contributed by atoms with van der Waals surface area (Å²) in [7, 11) is 0. The zero-order valence-corrected chi connectivity index (χ0v) is 30.2. The lowest BCUT2D eigenvalue weighted by molar-refractivity contribution is 0.992. The van der Waals surface area contributed by atoms with E-state index >= 15 is 0 Å². The number of rotatable bonds is 8. The molecule has 0 radical (unpaired) electrons. The molecule has 0 saturated carbocycles. The first-order valence-electron chi connectivity index (χ1n) is 16.8. The van der Waals surface area contributed by atoms with Crippen molar-refractivity contribution in [3.8, 4) is 45.0 Å². The van der Waals surface area contributed by atoms with Crippen LogP contribution in [0, 0.1) is 6.92 Å². The number of aryl methyl sites for hydroxylation is 1. The van der Waals surface area contributed by atoms with Crippen LogP contribution in [0.1, 0.15) is 30.9 Å². The zero-order chi connectivity index (χ0) is 35.1.